The number of benzene rings is 1. The van der Waals surface area contributed by atoms with Gasteiger partial charge in [0.25, 0.3) is 0 Å². The van der Waals surface area contributed by atoms with E-state index in [-0.39, 0.29) is 24.4 Å². The van der Waals surface area contributed by atoms with E-state index in [0.29, 0.717) is 6.61 Å². The summed E-state index contributed by atoms with van der Waals surface area (Å²) in [4.78, 5) is 14.5. The molecule has 1 aromatic carbocycles. The molecular weight excluding hydrogens is 252 g/mol. The van der Waals surface area contributed by atoms with Crippen molar-refractivity contribution < 1.29 is 9.53 Å². The Morgan fingerprint density at radius 2 is 2.10 bits per heavy atom. The van der Waals surface area contributed by atoms with E-state index in [1.807, 2.05) is 24.3 Å². The van der Waals surface area contributed by atoms with Gasteiger partial charge >= 0.3 is 0 Å². The van der Waals surface area contributed by atoms with Crippen LogP contribution in [-0.4, -0.2) is 30.0 Å². The lowest BCUT2D eigenvalue weighted by atomic mass is 9.98. The molecular formula is C16H18N2O2. The van der Waals surface area contributed by atoms with Crippen molar-refractivity contribution in [3.8, 4) is 11.8 Å². The van der Waals surface area contributed by atoms with Gasteiger partial charge in [-0.25, -0.2) is 0 Å². The quantitative estimate of drug-likeness (QED) is 0.793. The minimum absolute atomic E-state index is 0.0448. The maximum absolute atomic E-state index is 12.8. The Morgan fingerprint density at radius 1 is 1.35 bits per heavy atom. The molecule has 20 heavy (non-hydrogen) atoms. The Bertz CT molecular complexity index is 544. The third-order valence-corrected chi connectivity index (χ3v) is 4.29. The van der Waals surface area contributed by atoms with E-state index in [2.05, 4.69) is 6.07 Å². The van der Waals surface area contributed by atoms with Crippen LogP contribution < -0.4 is 4.74 Å². The second kappa shape index (κ2) is 5.54. The molecule has 1 aliphatic heterocycles. The smallest absolute Gasteiger partial charge is 0.234 e. The summed E-state index contributed by atoms with van der Waals surface area (Å²) in [7, 11) is 0. The third kappa shape index (κ3) is 2.24. The van der Waals surface area contributed by atoms with Gasteiger partial charge in [0.05, 0.1) is 6.07 Å². The Labute approximate surface area is 118 Å². The molecule has 1 atom stereocenters. The Morgan fingerprint density at radius 3 is 2.85 bits per heavy atom. The maximum Gasteiger partial charge on any atom is 0.234 e. The molecule has 0 N–H and O–H groups in total. The first-order valence-corrected chi connectivity index (χ1v) is 7.20. The second-order valence-corrected chi connectivity index (χ2v) is 5.46. The molecule has 1 fully saturated rings. The summed E-state index contributed by atoms with van der Waals surface area (Å²) in [6.45, 7) is 0.578. The molecule has 0 radical (unpaired) electrons. The molecule has 3 rings (SSSR count). The van der Waals surface area contributed by atoms with E-state index in [0.717, 1.165) is 37.0 Å². The second-order valence-electron chi connectivity index (χ2n) is 5.46. The van der Waals surface area contributed by atoms with Crippen molar-refractivity contribution in [3.05, 3.63) is 29.8 Å². The topological polar surface area (TPSA) is 53.3 Å². The summed E-state index contributed by atoms with van der Waals surface area (Å²) in [5, 5.41) is 9.01. The average molecular weight is 270 g/mol. The highest BCUT2D eigenvalue weighted by Gasteiger charge is 2.36. The zero-order valence-electron chi connectivity index (χ0n) is 11.4. The Balaban J connectivity index is 1.82. The number of carbonyl (C=O) groups is 1. The van der Waals surface area contributed by atoms with Gasteiger partial charge in [0, 0.05) is 11.6 Å². The van der Waals surface area contributed by atoms with Crippen LogP contribution in [0.3, 0.4) is 0 Å². The standard InChI is InChI=1S/C16H18N2O2/c17-9-10-18(12-5-1-2-6-12)16(19)14-11-20-15-8-4-3-7-13(14)15/h3-4,7-8,12,14H,1-2,5-6,10-11H2. The summed E-state index contributed by atoms with van der Waals surface area (Å²) in [5.74, 6) is 0.595. The van der Waals surface area contributed by atoms with E-state index in [4.69, 9.17) is 10.00 Å². The van der Waals surface area contributed by atoms with Crippen molar-refractivity contribution in [3.63, 3.8) is 0 Å². The zero-order chi connectivity index (χ0) is 13.9. The minimum Gasteiger partial charge on any atom is -0.492 e. The molecule has 0 spiro atoms. The molecule has 1 saturated carbocycles. The number of amides is 1. The van der Waals surface area contributed by atoms with E-state index in [1.165, 1.54) is 0 Å². The fraction of sp³-hybridized carbons (Fsp3) is 0.500. The predicted octanol–water partition coefficient (Wildman–Crippen LogP) is 2.46. The van der Waals surface area contributed by atoms with Crippen LogP contribution >= 0.6 is 0 Å². The minimum atomic E-state index is -0.250. The van der Waals surface area contributed by atoms with Gasteiger partial charge in [-0.15, -0.1) is 0 Å². The molecule has 0 bridgehead atoms. The number of para-hydroxylation sites is 1. The van der Waals surface area contributed by atoms with Crippen LogP contribution in [0.25, 0.3) is 0 Å². The van der Waals surface area contributed by atoms with Crippen LogP contribution in [0, 0.1) is 11.3 Å². The normalized spacial score (nSPS) is 21.1. The van der Waals surface area contributed by atoms with Crippen LogP contribution in [0.15, 0.2) is 24.3 Å². The lowest BCUT2D eigenvalue weighted by molar-refractivity contribution is -0.134. The lowest BCUT2D eigenvalue weighted by Crippen LogP contribution is -2.42. The van der Waals surface area contributed by atoms with Crippen molar-refractivity contribution >= 4 is 5.91 Å². The zero-order valence-corrected chi connectivity index (χ0v) is 11.4. The van der Waals surface area contributed by atoms with Gasteiger partial charge in [0.15, 0.2) is 0 Å². The Kier molecular flexibility index (Phi) is 3.60. The van der Waals surface area contributed by atoms with Crippen LogP contribution in [0.2, 0.25) is 0 Å². The highest BCUT2D eigenvalue weighted by atomic mass is 16.5. The van der Waals surface area contributed by atoms with E-state index in [9.17, 15) is 4.79 Å². The third-order valence-electron chi connectivity index (χ3n) is 4.29. The first-order chi connectivity index (χ1) is 9.81. The van der Waals surface area contributed by atoms with Crippen LogP contribution in [-0.2, 0) is 4.79 Å². The summed E-state index contributed by atoms with van der Waals surface area (Å²) in [5.41, 5.74) is 0.957. The fourth-order valence-corrected chi connectivity index (χ4v) is 3.25. The molecule has 1 amide bonds. The van der Waals surface area contributed by atoms with Gasteiger partial charge in [0.2, 0.25) is 5.91 Å². The fourth-order valence-electron chi connectivity index (χ4n) is 3.25. The number of rotatable bonds is 3. The van der Waals surface area contributed by atoms with Gasteiger partial charge in [0.1, 0.15) is 24.8 Å². The predicted molar refractivity (Wildman–Crippen MR) is 74.3 cm³/mol. The molecule has 4 heteroatoms. The lowest BCUT2D eigenvalue weighted by Gasteiger charge is -2.28. The van der Waals surface area contributed by atoms with Gasteiger partial charge in [-0.2, -0.15) is 5.26 Å². The molecule has 1 aliphatic carbocycles. The largest absolute Gasteiger partial charge is 0.492 e. The van der Waals surface area contributed by atoms with Gasteiger partial charge in [-0.05, 0) is 18.9 Å². The van der Waals surface area contributed by atoms with Crippen molar-refractivity contribution in [2.24, 2.45) is 0 Å². The molecule has 2 aliphatic rings. The number of hydrogen-bond donors (Lipinski definition) is 0. The molecule has 1 aromatic rings. The number of ether oxygens (including phenoxy) is 1. The number of hydrogen-bond acceptors (Lipinski definition) is 3. The SMILES string of the molecule is N#CCN(C(=O)C1COc2ccccc21)C1CCCC1. The first-order valence-electron chi connectivity index (χ1n) is 7.20. The Hall–Kier alpha value is -2.02. The highest BCUT2D eigenvalue weighted by Crippen LogP contribution is 2.36. The number of carbonyl (C=O) groups excluding carboxylic acids is 1. The first kappa shape index (κ1) is 13.0. The van der Waals surface area contributed by atoms with E-state index < -0.39 is 0 Å². The van der Waals surface area contributed by atoms with Gasteiger partial charge in [-0.1, -0.05) is 31.0 Å². The summed E-state index contributed by atoms with van der Waals surface area (Å²) < 4.78 is 5.59. The molecule has 0 aromatic heterocycles. The monoisotopic (exact) mass is 270 g/mol. The number of fused-ring (bicyclic) bond motifs is 1. The summed E-state index contributed by atoms with van der Waals surface area (Å²) in [6, 6.07) is 10.1. The number of nitriles is 1. The number of nitrogens with zero attached hydrogens (tertiary/aromatic N) is 2. The van der Waals surface area contributed by atoms with Gasteiger partial charge in [-0.3, -0.25) is 4.79 Å². The van der Waals surface area contributed by atoms with Crippen LogP contribution in [0.1, 0.15) is 37.2 Å². The van der Waals surface area contributed by atoms with Crippen molar-refractivity contribution in [2.75, 3.05) is 13.2 Å². The van der Waals surface area contributed by atoms with Gasteiger partial charge < -0.3 is 9.64 Å². The van der Waals surface area contributed by atoms with Crippen LogP contribution in [0.4, 0.5) is 0 Å². The molecule has 0 saturated heterocycles. The van der Waals surface area contributed by atoms with E-state index >= 15 is 0 Å². The van der Waals surface area contributed by atoms with E-state index in [1.54, 1.807) is 4.90 Å². The van der Waals surface area contributed by atoms with Crippen molar-refractivity contribution in [1.29, 1.82) is 5.26 Å². The highest BCUT2D eigenvalue weighted by molar-refractivity contribution is 5.86. The molecule has 4 nitrogen and oxygen atoms in total. The summed E-state index contributed by atoms with van der Waals surface area (Å²) in [6.07, 6.45) is 4.33. The maximum atomic E-state index is 12.8. The van der Waals surface area contributed by atoms with Crippen molar-refractivity contribution in [1.82, 2.24) is 4.90 Å². The van der Waals surface area contributed by atoms with Crippen molar-refractivity contribution in [2.45, 2.75) is 37.6 Å². The summed E-state index contributed by atoms with van der Waals surface area (Å²) >= 11 is 0. The molecule has 104 valence electrons. The molecule has 1 heterocycles. The van der Waals surface area contributed by atoms with Crippen LogP contribution in [0.5, 0.6) is 5.75 Å². The molecule has 1 unspecified atom stereocenters. The average Bonchev–Trinajstić information content (AvgIpc) is 3.13.